The fourth-order valence-electron chi connectivity index (χ4n) is 2.74. The first kappa shape index (κ1) is 21.0. The van der Waals surface area contributed by atoms with Gasteiger partial charge in [0.15, 0.2) is 0 Å². The molecule has 0 aliphatic carbocycles. The van der Waals surface area contributed by atoms with Gasteiger partial charge in [0, 0.05) is 37.9 Å². The lowest BCUT2D eigenvalue weighted by atomic mass is 10.2. The number of sulfonamides is 1. The molecule has 0 aliphatic heterocycles. The third kappa shape index (κ3) is 4.30. The van der Waals surface area contributed by atoms with Crippen molar-refractivity contribution in [2.75, 3.05) is 18.8 Å². The van der Waals surface area contributed by atoms with E-state index in [1.807, 2.05) is 0 Å². The number of nitro benzene ring substituents is 1. The van der Waals surface area contributed by atoms with E-state index in [1.54, 1.807) is 21.0 Å². The van der Waals surface area contributed by atoms with Crippen LogP contribution in [0.1, 0.15) is 16.1 Å². The molecule has 0 spiro atoms. The molecule has 0 atom stereocenters. The highest BCUT2D eigenvalue weighted by Gasteiger charge is 2.20. The van der Waals surface area contributed by atoms with Gasteiger partial charge in [-0.1, -0.05) is 6.07 Å². The number of carbonyl (C=O) groups is 1. The zero-order valence-electron chi connectivity index (χ0n) is 16.4. The summed E-state index contributed by atoms with van der Waals surface area (Å²) in [6, 6.07) is 12.8. The lowest BCUT2D eigenvalue weighted by Gasteiger charge is -2.13. The predicted molar refractivity (Wildman–Crippen MR) is 110 cm³/mol. The van der Waals surface area contributed by atoms with Crippen molar-refractivity contribution >= 4 is 27.4 Å². The summed E-state index contributed by atoms with van der Waals surface area (Å²) in [7, 11) is -0.870. The van der Waals surface area contributed by atoms with Gasteiger partial charge < -0.3 is 4.90 Å². The minimum Gasteiger partial charge on any atom is -0.345 e. The number of aryl methyl sites for hydroxylation is 1. The van der Waals surface area contributed by atoms with Crippen LogP contribution in [0.2, 0.25) is 0 Å². The predicted octanol–water partition coefficient (Wildman–Crippen LogP) is 2.59. The van der Waals surface area contributed by atoms with Crippen molar-refractivity contribution in [3.63, 3.8) is 0 Å². The van der Waals surface area contributed by atoms with Crippen molar-refractivity contribution in [1.82, 2.24) is 14.7 Å². The minimum absolute atomic E-state index is 0.0793. The average Bonchev–Trinajstić information content (AvgIpc) is 3.06. The SMILES string of the molecule is Cc1cc(NS(=O)(=O)c2cccc(C(=O)N(C)C)c2)n(-c2ccc([N+](=O)[O-])cc2)n1. The molecule has 3 aromatic rings. The van der Waals surface area contributed by atoms with Crippen LogP contribution in [-0.2, 0) is 10.0 Å². The Hall–Kier alpha value is -3.73. The van der Waals surface area contributed by atoms with E-state index in [-0.39, 0.29) is 27.9 Å². The number of carbonyl (C=O) groups excluding carboxylic acids is 1. The highest BCUT2D eigenvalue weighted by atomic mass is 32.2. The van der Waals surface area contributed by atoms with E-state index in [0.717, 1.165) is 0 Å². The third-order valence-electron chi connectivity index (χ3n) is 4.17. The van der Waals surface area contributed by atoms with Crippen LogP contribution in [0.3, 0.4) is 0 Å². The van der Waals surface area contributed by atoms with Crippen molar-refractivity contribution in [1.29, 1.82) is 0 Å². The largest absolute Gasteiger partial charge is 0.345 e. The molecule has 0 saturated heterocycles. The first-order valence-electron chi connectivity index (χ1n) is 8.74. The maximum Gasteiger partial charge on any atom is 0.269 e. The molecular weight excluding hydrogens is 410 g/mol. The maximum atomic E-state index is 12.9. The molecule has 1 N–H and O–H groups in total. The number of anilines is 1. The monoisotopic (exact) mass is 429 g/mol. The number of amides is 1. The lowest BCUT2D eigenvalue weighted by Crippen LogP contribution is -2.22. The second-order valence-corrected chi connectivity index (χ2v) is 8.37. The van der Waals surface area contributed by atoms with Crippen LogP contribution in [0.25, 0.3) is 5.69 Å². The number of non-ortho nitro benzene ring substituents is 1. The van der Waals surface area contributed by atoms with Crippen LogP contribution in [0.5, 0.6) is 0 Å². The number of benzene rings is 2. The number of hydrogen-bond acceptors (Lipinski definition) is 6. The molecule has 0 fully saturated rings. The zero-order valence-corrected chi connectivity index (χ0v) is 17.3. The van der Waals surface area contributed by atoms with Gasteiger partial charge in [-0.25, -0.2) is 13.1 Å². The van der Waals surface area contributed by atoms with E-state index < -0.39 is 14.9 Å². The van der Waals surface area contributed by atoms with Crippen molar-refractivity contribution in [3.05, 3.63) is 76.0 Å². The average molecular weight is 429 g/mol. The van der Waals surface area contributed by atoms with Gasteiger partial charge in [-0.3, -0.25) is 19.6 Å². The Balaban J connectivity index is 1.96. The number of nitrogens with zero attached hydrogens (tertiary/aromatic N) is 4. The van der Waals surface area contributed by atoms with Gasteiger partial charge in [-0.15, -0.1) is 0 Å². The fourth-order valence-corrected chi connectivity index (χ4v) is 3.81. The molecule has 1 aromatic heterocycles. The summed E-state index contributed by atoms with van der Waals surface area (Å²) in [6.07, 6.45) is 0. The molecule has 10 nitrogen and oxygen atoms in total. The molecule has 11 heteroatoms. The highest BCUT2D eigenvalue weighted by molar-refractivity contribution is 7.92. The van der Waals surface area contributed by atoms with Gasteiger partial charge in [0.05, 0.1) is 21.2 Å². The summed E-state index contributed by atoms with van der Waals surface area (Å²) in [5.41, 5.74) is 1.14. The summed E-state index contributed by atoms with van der Waals surface area (Å²) in [5, 5.41) is 15.1. The summed E-state index contributed by atoms with van der Waals surface area (Å²) in [6.45, 7) is 1.69. The van der Waals surface area contributed by atoms with Gasteiger partial charge in [0.1, 0.15) is 5.82 Å². The number of rotatable bonds is 6. The summed E-state index contributed by atoms with van der Waals surface area (Å²) in [4.78, 5) is 23.7. The Morgan fingerprint density at radius 1 is 1.13 bits per heavy atom. The molecule has 0 aliphatic rings. The number of hydrogen-bond donors (Lipinski definition) is 1. The second-order valence-electron chi connectivity index (χ2n) is 6.69. The molecule has 3 rings (SSSR count). The first-order valence-corrected chi connectivity index (χ1v) is 10.2. The van der Waals surface area contributed by atoms with E-state index in [9.17, 15) is 23.3 Å². The summed E-state index contributed by atoms with van der Waals surface area (Å²) >= 11 is 0. The summed E-state index contributed by atoms with van der Waals surface area (Å²) < 4.78 is 29.6. The molecule has 1 heterocycles. The van der Waals surface area contributed by atoms with Crippen LogP contribution < -0.4 is 4.72 Å². The third-order valence-corrected chi connectivity index (χ3v) is 5.53. The van der Waals surface area contributed by atoms with E-state index >= 15 is 0 Å². The molecule has 30 heavy (non-hydrogen) atoms. The molecule has 156 valence electrons. The van der Waals surface area contributed by atoms with Crippen molar-refractivity contribution in [2.24, 2.45) is 0 Å². The van der Waals surface area contributed by atoms with Gasteiger partial charge in [0.25, 0.3) is 21.6 Å². The molecule has 2 aromatic carbocycles. The highest BCUT2D eigenvalue weighted by Crippen LogP contribution is 2.23. The van der Waals surface area contributed by atoms with Crippen LogP contribution in [0.4, 0.5) is 11.5 Å². The molecule has 0 unspecified atom stereocenters. The standard InChI is InChI=1S/C19H19N5O5S/c1-13-11-18(23(20-13)15-7-9-16(10-8-15)24(26)27)21-30(28,29)17-6-4-5-14(12-17)19(25)22(2)3/h4-12,21H,1-3H3. The Labute approximate surface area is 172 Å². The number of aromatic nitrogens is 2. The topological polar surface area (TPSA) is 127 Å². The van der Waals surface area contributed by atoms with E-state index in [2.05, 4.69) is 9.82 Å². The normalized spacial score (nSPS) is 11.2. The number of nitrogens with one attached hydrogen (secondary N) is 1. The smallest absolute Gasteiger partial charge is 0.269 e. The van der Waals surface area contributed by atoms with Crippen LogP contribution in [-0.4, -0.2) is 48.0 Å². The Morgan fingerprint density at radius 3 is 2.40 bits per heavy atom. The van der Waals surface area contributed by atoms with Crippen molar-refractivity contribution in [3.8, 4) is 5.69 Å². The first-order chi connectivity index (χ1) is 14.1. The zero-order chi connectivity index (χ0) is 22.1. The van der Waals surface area contributed by atoms with Gasteiger partial charge in [-0.05, 0) is 37.3 Å². The van der Waals surface area contributed by atoms with E-state index in [0.29, 0.717) is 11.4 Å². The second kappa shape index (κ2) is 7.95. The lowest BCUT2D eigenvalue weighted by molar-refractivity contribution is -0.384. The molecular formula is C19H19N5O5S. The van der Waals surface area contributed by atoms with Crippen LogP contribution >= 0.6 is 0 Å². The number of nitro groups is 1. The van der Waals surface area contributed by atoms with Gasteiger partial charge in [0.2, 0.25) is 0 Å². The van der Waals surface area contributed by atoms with E-state index in [1.165, 1.54) is 64.2 Å². The summed E-state index contributed by atoms with van der Waals surface area (Å²) in [5.74, 6) is -0.162. The van der Waals surface area contributed by atoms with E-state index in [4.69, 9.17) is 0 Å². The van der Waals surface area contributed by atoms with Crippen LogP contribution in [0, 0.1) is 17.0 Å². The molecule has 0 saturated carbocycles. The Bertz CT molecular complexity index is 1220. The Kier molecular flexibility index (Phi) is 5.56. The maximum absolute atomic E-state index is 12.9. The fraction of sp³-hybridized carbons (Fsp3) is 0.158. The molecule has 1 amide bonds. The quantitative estimate of drug-likeness (QED) is 0.474. The van der Waals surface area contributed by atoms with Gasteiger partial charge in [-0.2, -0.15) is 5.10 Å². The van der Waals surface area contributed by atoms with Gasteiger partial charge >= 0.3 is 0 Å². The molecule has 0 bridgehead atoms. The van der Waals surface area contributed by atoms with Crippen LogP contribution in [0.15, 0.2) is 59.5 Å². The Morgan fingerprint density at radius 2 is 1.80 bits per heavy atom. The minimum atomic E-state index is -4.02. The molecule has 0 radical (unpaired) electrons. The van der Waals surface area contributed by atoms with Crippen molar-refractivity contribution < 1.29 is 18.1 Å². The van der Waals surface area contributed by atoms with Crippen molar-refractivity contribution in [2.45, 2.75) is 11.8 Å².